The van der Waals surface area contributed by atoms with Crippen LogP contribution in [0.15, 0.2) is 121 Å². The molecule has 0 atom stereocenters. The Morgan fingerprint density at radius 2 is 1.19 bits per heavy atom. The van der Waals surface area contributed by atoms with E-state index in [0.717, 1.165) is 10.9 Å². The Hall–Kier alpha value is -3.48. The lowest BCUT2D eigenvalue weighted by Gasteiger charge is -2.23. The Morgan fingerprint density at radius 3 is 1.74 bits per heavy atom. The van der Waals surface area contributed by atoms with Gasteiger partial charge in [0.05, 0.1) is 0 Å². The van der Waals surface area contributed by atoms with Crippen molar-refractivity contribution in [2.24, 2.45) is 0 Å². The first-order chi connectivity index (χ1) is 15.2. The summed E-state index contributed by atoms with van der Waals surface area (Å²) in [6, 6.07) is 38.8. The van der Waals surface area contributed by atoms with Crippen LogP contribution < -0.4 is 15.9 Å². The minimum Gasteiger partial charge on any atom is -0.328 e. The summed E-state index contributed by atoms with van der Waals surface area (Å²) in [7, 11) is -0.856. The number of amides is 1. The van der Waals surface area contributed by atoms with Gasteiger partial charge in [-0.1, -0.05) is 109 Å². The SMILES string of the molecule is Cc1cccc(C(=CNC(=O)c2ccccc2)P(c2ccccc2)c2ccccc2)c1. The Kier molecular flexibility index (Phi) is 6.72. The molecule has 3 heteroatoms. The van der Waals surface area contributed by atoms with Crippen LogP contribution in [0.2, 0.25) is 0 Å². The summed E-state index contributed by atoms with van der Waals surface area (Å²) in [5, 5.41) is 6.65. The highest BCUT2D eigenvalue weighted by Gasteiger charge is 2.21. The molecule has 0 aliphatic rings. The molecule has 4 aromatic rings. The summed E-state index contributed by atoms with van der Waals surface area (Å²) >= 11 is 0. The zero-order chi connectivity index (χ0) is 21.5. The van der Waals surface area contributed by atoms with Gasteiger partial charge < -0.3 is 5.32 Å². The first-order valence-electron chi connectivity index (χ1n) is 10.3. The van der Waals surface area contributed by atoms with Crippen molar-refractivity contribution in [3.8, 4) is 0 Å². The maximum atomic E-state index is 12.8. The van der Waals surface area contributed by atoms with Gasteiger partial charge in [0.25, 0.3) is 5.91 Å². The molecule has 0 saturated carbocycles. The molecule has 0 spiro atoms. The Balaban J connectivity index is 1.82. The third-order valence-electron chi connectivity index (χ3n) is 4.96. The van der Waals surface area contributed by atoms with E-state index in [1.54, 1.807) is 0 Å². The van der Waals surface area contributed by atoms with E-state index < -0.39 is 7.92 Å². The maximum absolute atomic E-state index is 12.8. The molecule has 0 bridgehead atoms. The van der Waals surface area contributed by atoms with Crippen molar-refractivity contribution in [2.75, 3.05) is 0 Å². The topological polar surface area (TPSA) is 29.1 Å². The van der Waals surface area contributed by atoms with Gasteiger partial charge in [-0.25, -0.2) is 0 Å². The fourth-order valence-electron chi connectivity index (χ4n) is 3.47. The van der Waals surface area contributed by atoms with Gasteiger partial charge in [-0.05, 0) is 43.2 Å². The van der Waals surface area contributed by atoms with E-state index in [4.69, 9.17) is 0 Å². The molecule has 152 valence electrons. The van der Waals surface area contributed by atoms with Gasteiger partial charge >= 0.3 is 0 Å². The van der Waals surface area contributed by atoms with Gasteiger partial charge in [0.15, 0.2) is 0 Å². The van der Waals surface area contributed by atoms with E-state index in [1.807, 2.05) is 48.7 Å². The van der Waals surface area contributed by atoms with Crippen molar-refractivity contribution in [1.82, 2.24) is 5.32 Å². The monoisotopic (exact) mass is 421 g/mol. The molecule has 0 aliphatic heterocycles. The first kappa shape index (κ1) is 20.8. The second-order valence-corrected chi connectivity index (χ2v) is 9.43. The number of nitrogens with one attached hydrogen (secondary N) is 1. The van der Waals surface area contributed by atoms with Gasteiger partial charge in [0.2, 0.25) is 0 Å². The number of rotatable bonds is 6. The van der Waals surface area contributed by atoms with E-state index in [-0.39, 0.29) is 5.91 Å². The van der Waals surface area contributed by atoms with Crippen molar-refractivity contribution in [2.45, 2.75) is 6.92 Å². The minimum absolute atomic E-state index is 0.109. The van der Waals surface area contributed by atoms with Crippen molar-refractivity contribution in [3.63, 3.8) is 0 Å². The largest absolute Gasteiger partial charge is 0.328 e. The van der Waals surface area contributed by atoms with Gasteiger partial charge in [-0.2, -0.15) is 0 Å². The fourth-order valence-corrected chi connectivity index (χ4v) is 5.86. The average molecular weight is 421 g/mol. The van der Waals surface area contributed by atoms with Crippen molar-refractivity contribution < 1.29 is 4.79 Å². The Morgan fingerprint density at radius 1 is 0.677 bits per heavy atom. The summed E-state index contributed by atoms with van der Waals surface area (Å²) in [6.45, 7) is 2.09. The number of carbonyl (C=O) groups is 1. The molecule has 4 aromatic carbocycles. The molecule has 0 fully saturated rings. The molecule has 0 aliphatic carbocycles. The fraction of sp³-hybridized carbons (Fsp3) is 0.0357. The molecule has 0 saturated heterocycles. The molecule has 1 amide bonds. The molecular weight excluding hydrogens is 397 g/mol. The number of aryl methyl sites for hydroxylation is 1. The van der Waals surface area contributed by atoms with Gasteiger partial charge in [-0.3, -0.25) is 4.79 Å². The quantitative estimate of drug-likeness (QED) is 0.389. The van der Waals surface area contributed by atoms with Crippen molar-refractivity contribution in [1.29, 1.82) is 0 Å². The zero-order valence-electron chi connectivity index (χ0n) is 17.4. The molecule has 1 N–H and O–H groups in total. The molecular formula is C28H24NOP. The minimum atomic E-state index is -0.856. The lowest BCUT2D eigenvalue weighted by atomic mass is 10.1. The highest BCUT2D eigenvalue weighted by molar-refractivity contribution is 7.82. The number of hydrogen-bond donors (Lipinski definition) is 1. The molecule has 0 aromatic heterocycles. The van der Waals surface area contributed by atoms with Gasteiger partial charge in [-0.15, -0.1) is 0 Å². The standard InChI is InChI=1S/C28H24NOP/c1-22-12-11-15-24(20-22)27(21-29-28(30)23-13-5-2-6-14-23)31(25-16-7-3-8-17-25)26-18-9-4-10-19-26/h2-21H,1H3,(H,29,30). The van der Waals surface area contributed by atoms with Crippen LogP contribution in [0.1, 0.15) is 21.5 Å². The van der Waals surface area contributed by atoms with Crippen LogP contribution in [0.5, 0.6) is 0 Å². The van der Waals surface area contributed by atoms with Crippen LogP contribution in [0.4, 0.5) is 0 Å². The third kappa shape index (κ3) is 5.17. The highest BCUT2D eigenvalue weighted by Crippen LogP contribution is 2.48. The molecule has 0 heterocycles. The van der Waals surface area contributed by atoms with Crippen LogP contribution in [0, 0.1) is 6.92 Å². The van der Waals surface area contributed by atoms with Gasteiger partial charge in [0, 0.05) is 17.1 Å². The summed E-state index contributed by atoms with van der Waals surface area (Å²) in [4.78, 5) is 12.8. The summed E-state index contributed by atoms with van der Waals surface area (Å²) in [6.07, 6.45) is 1.90. The van der Waals surface area contributed by atoms with Crippen LogP contribution >= 0.6 is 7.92 Å². The Labute approximate surface area is 185 Å². The lowest BCUT2D eigenvalue weighted by molar-refractivity contribution is 0.0970. The second-order valence-electron chi connectivity index (χ2n) is 7.25. The van der Waals surface area contributed by atoms with E-state index in [9.17, 15) is 4.79 Å². The Bertz CT molecular complexity index is 1130. The smallest absolute Gasteiger partial charge is 0.255 e. The molecule has 0 radical (unpaired) electrons. The predicted octanol–water partition coefficient (Wildman–Crippen LogP) is 5.86. The van der Waals surface area contributed by atoms with E-state index in [1.165, 1.54) is 16.2 Å². The summed E-state index contributed by atoms with van der Waals surface area (Å²) < 4.78 is 0. The zero-order valence-corrected chi connectivity index (χ0v) is 18.3. The van der Waals surface area contributed by atoms with E-state index in [2.05, 4.69) is 85.0 Å². The van der Waals surface area contributed by atoms with Crippen LogP contribution in [-0.2, 0) is 0 Å². The first-order valence-corrected chi connectivity index (χ1v) is 11.6. The van der Waals surface area contributed by atoms with E-state index in [0.29, 0.717) is 5.56 Å². The van der Waals surface area contributed by atoms with Crippen LogP contribution in [0.3, 0.4) is 0 Å². The number of benzene rings is 4. The number of carbonyl (C=O) groups excluding carboxylic acids is 1. The van der Waals surface area contributed by atoms with Crippen LogP contribution in [-0.4, -0.2) is 5.91 Å². The van der Waals surface area contributed by atoms with E-state index >= 15 is 0 Å². The third-order valence-corrected chi connectivity index (χ3v) is 7.46. The van der Waals surface area contributed by atoms with Crippen molar-refractivity contribution >= 4 is 29.8 Å². The molecule has 31 heavy (non-hydrogen) atoms. The number of hydrogen-bond acceptors (Lipinski definition) is 1. The van der Waals surface area contributed by atoms with Gasteiger partial charge in [0.1, 0.15) is 0 Å². The molecule has 0 unspecified atom stereocenters. The van der Waals surface area contributed by atoms with Crippen molar-refractivity contribution in [3.05, 3.63) is 138 Å². The second kappa shape index (κ2) is 10.0. The molecule has 4 rings (SSSR count). The highest BCUT2D eigenvalue weighted by atomic mass is 31.1. The normalized spacial score (nSPS) is 11.4. The maximum Gasteiger partial charge on any atom is 0.255 e. The molecule has 2 nitrogen and oxygen atoms in total. The lowest BCUT2D eigenvalue weighted by Crippen LogP contribution is -2.19. The van der Waals surface area contributed by atoms with Crippen LogP contribution in [0.25, 0.3) is 5.31 Å². The summed E-state index contributed by atoms with van der Waals surface area (Å²) in [5.74, 6) is -0.109. The summed E-state index contributed by atoms with van der Waals surface area (Å²) in [5.41, 5.74) is 2.95. The predicted molar refractivity (Wildman–Crippen MR) is 132 cm³/mol. The average Bonchev–Trinajstić information content (AvgIpc) is 2.83.